The SMILES string of the molecule is Nc1cc(C#Cc2ccc3c(nnn3CC3CC3)c2Cl)ccn1. The molecule has 1 aromatic carbocycles. The van der Waals surface area contributed by atoms with E-state index in [1.165, 1.54) is 12.8 Å². The number of nitrogen functional groups attached to an aromatic ring is 1. The van der Waals surface area contributed by atoms with E-state index >= 15 is 0 Å². The molecule has 6 heteroatoms. The molecule has 1 aliphatic rings. The van der Waals surface area contributed by atoms with Gasteiger partial charge in [0.05, 0.1) is 10.5 Å². The van der Waals surface area contributed by atoms with Gasteiger partial charge in [0.1, 0.15) is 11.3 Å². The van der Waals surface area contributed by atoms with E-state index in [0.29, 0.717) is 16.4 Å². The minimum absolute atomic E-state index is 0.446. The molecule has 0 atom stereocenters. The summed E-state index contributed by atoms with van der Waals surface area (Å²) < 4.78 is 1.93. The number of pyridine rings is 1. The summed E-state index contributed by atoms with van der Waals surface area (Å²) >= 11 is 6.45. The van der Waals surface area contributed by atoms with Crippen molar-refractivity contribution in [2.75, 3.05) is 5.73 Å². The molecule has 0 spiro atoms. The van der Waals surface area contributed by atoms with E-state index in [1.54, 1.807) is 12.3 Å². The predicted molar refractivity (Wildman–Crippen MR) is 89.9 cm³/mol. The van der Waals surface area contributed by atoms with Gasteiger partial charge < -0.3 is 5.73 Å². The molecular weight excluding hydrogens is 310 g/mol. The first kappa shape index (κ1) is 14.0. The summed E-state index contributed by atoms with van der Waals surface area (Å²) in [5.41, 5.74) is 8.84. The lowest BCUT2D eigenvalue weighted by Crippen LogP contribution is -2.01. The Morgan fingerprint density at radius 1 is 1.26 bits per heavy atom. The molecule has 1 fully saturated rings. The van der Waals surface area contributed by atoms with Crippen molar-refractivity contribution >= 4 is 28.5 Å². The Hall–Kier alpha value is -2.58. The number of anilines is 1. The van der Waals surface area contributed by atoms with Crippen LogP contribution in [0.4, 0.5) is 5.82 Å². The molecule has 5 nitrogen and oxygen atoms in total. The first-order chi connectivity index (χ1) is 11.2. The van der Waals surface area contributed by atoms with Crippen LogP contribution in [0.15, 0.2) is 30.5 Å². The van der Waals surface area contributed by atoms with Crippen molar-refractivity contribution in [2.45, 2.75) is 19.4 Å². The number of aromatic nitrogens is 4. The first-order valence-electron chi connectivity index (χ1n) is 7.46. The molecule has 0 unspecified atom stereocenters. The molecule has 1 aliphatic carbocycles. The Morgan fingerprint density at radius 2 is 2.13 bits per heavy atom. The molecule has 2 heterocycles. The maximum atomic E-state index is 6.45. The van der Waals surface area contributed by atoms with Crippen molar-refractivity contribution in [3.8, 4) is 11.8 Å². The van der Waals surface area contributed by atoms with Gasteiger partial charge in [0.2, 0.25) is 0 Å². The number of hydrogen-bond donors (Lipinski definition) is 1. The second-order valence-electron chi connectivity index (χ2n) is 5.73. The van der Waals surface area contributed by atoms with Crippen molar-refractivity contribution in [1.82, 2.24) is 20.0 Å². The lowest BCUT2D eigenvalue weighted by atomic mass is 10.1. The number of rotatable bonds is 2. The summed E-state index contributed by atoms with van der Waals surface area (Å²) in [5, 5.41) is 8.97. The molecule has 1 saturated carbocycles. The van der Waals surface area contributed by atoms with Crippen LogP contribution in [0.5, 0.6) is 0 Å². The summed E-state index contributed by atoms with van der Waals surface area (Å²) in [6.07, 6.45) is 4.18. The number of halogens is 1. The van der Waals surface area contributed by atoms with E-state index < -0.39 is 0 Å². The van der Waals surface area contributed by atoms with Crippen molar-refractivity contribution in [3.05, 3.63) is 46.6 Å². The average molecular weight is 324 g/mol. The van der Waals surface area contributed by atoms with Gasteiger partial charge in [-0.3, -0.25) is 0 Å². The molecular formula is C17H14ClN5. The third-order valence-corrected chi connectivity index (χ3v) is 4.26. The minimum Gasteiger partial charge on any atom is -0.384 e. The third-order valence-electron chi connectivity index (χ3n) is 3.88. The zero-order chi connectivity index (χ0) is 15.8. The lowest BCUT2D eigenvalue weighted by molar-refractivity contribution is 0.559. The van der Waals surface area contributed by atoms with Gasteiger partial charge in [0.25, 0.3) is 0 Å². The third kappa shape index (κ3) is 2.86. The molecule has 0 aliphatic heterocycles. The van der Waals surface area contributed by atoms with Crippen LogP contribution < -0.4 is 5.73 Å². The van der Waals surface area contributed by atoms with Crippen molar-refractivity contribution in [1.29, 1.82) is 0 Å². The van der Waals surface area contributed by atoms with Crippen LogP contribution in [-0.4, -0.2) is 20.0 Å². The summed E-state index contributed by atoms with van der Waals surface area (Å²) in [4.78, 5) is 3.95. The fraction of sp³-hybridized carbons (Fsp3) is 0.235. The summed E-state index contributed by atoms with van der Waals surface area (Å²) in [5.74, 6) is 7.29. The first-order valence-corrected chi connectivity index (χ1v) is 7.84. The van der Waals surface area contributed by atoms with Gasteiger partial charge in [-0.05, 0) is 43.0 Å². The Bertz CT molecular complexity index is 947. The van der Waals surface area contributed by atoms with Gasteiger partial charge in [0.15, 0.2) is 0 Å². The van der Waals surface area contributed by atoms with Crippen LogP contribution in [0.1, 0.15) is 24.0 Å². The molecule has 0 bridgehead atoms. The average Bonchev–Trinajstić information content (AvgIpc) is 3.26. The lowest BCUT2D eigenvalue weighted by Gasteiger charge is -2.01. The maximum absolute atomic E-state index is 6.45. The zero-order valence-electron chi connectivity index (χ0n) is 12.3. The maximum Gasteiger partial charge on any atom is 0.133 e. The second kappa shape index (κ2) is 5.56. The molecule has 0 saturated heterocycles. The summed E-state index contributed by atoms with van der Waals surface area (Å²) in [6.45, 7) is 0.911. The molecule has 0 amide bonds. The standard InChI is InChI=1S/C17H14ClN5/c18-16-13(4-3-11-7-8-20-15(19)9-11)5-6-14-17(16)21-22-23(14)10-12-1-2-12/h5-9,12H,1-2,10H2,(H2,19,20). The quantitative estimate of drug-likeness (QED) is 0.736. The van der Waals surface area contributed by atoms with Crippen LogP contribution in [0.3, 0.4) is 0 Å². The van der Waals surface area contributed by atoms with Crippen LogP contribution in [0.25, 0.3) is 11.0 Å². The molecule has 114 valence electrons. The highest BCUT2D eigenvalue weighted by Crippen LogP contribution is 2.32. The van der Waals surface area contributed by atoms with Gasteiger partial charge in [-0.2, -0.15) is 0 Å². The van der Waals surface area contributed by atoms with Gasteiger partial charge in [-0.1, -0.05) is 28.7 Å². The highest BCUT2D eigenvalue weighted by Gasteiger charge is 2.23. The van der Waals surface area contributed by atoms with E-state index in [-0.39, 0.29) is 0 Å². The largest absolute Gasteiger partial charge is 0.384 e. The Balaban J connectivity index is 1.70. The highest BCUT2D eigenvalue weighted by molar-refractivity contribution is 6.36. The minimum atomic E-state index is 0.446. The van der Waals surface area contributed by atoms with Gasteiger partial charge in [-0.25, -0.2) is 9.67 Å². The van der Waals surface area contributed by atoms with Crippen LogP contribution in [-0.2, 0) is 6.54 Å². The monoisotopic (exact) mass is 323 g/mol. The topological polar surface area (TPSA) is 69.6 Å². The Labute approximate surface area is 138 Å². The van der Waals surface area contributed by atoms with E-state index in [9.17, 15) is 0 Å². The number of benzene rings is 1. The van der Waals surface area contributed by atoms with E-state index in [4.69, 9.17) is 17.3 Å². The van der Waals surface area contributed by atoms with E-state index in [2.05, 4.69) is 27.1 Å². The summed E-state index contributed by atoms with van der Waals surface area (Å²) in [7, 11) is 0. The van der Waals surface area contributed by atoms with E-state index in [1.807, 2.05) is 22.9 Å². The van der Waals surface area contributed by atoms with Crippen LogP contribution in [0, 0.1) is 17.8 Å². The van der Waals surface area contributed by atoms with Gasteiger partial charge in [-0.15, -0.1) is 5.10 Å². The molecule has 0 radical (unpaired) electrons. The van der Waals surface area contributed by atoms with Crippen LogP contribution >= 0.6 is 11.6 Å². The Kier molecular flexibility index (Phi) is 3.40. The van der Waals surface area contributed by atoms with Crippen molar-refractivity contribution < 1.29 is 0 Å². The fourth-order valence-corrected chi connectivity index (χ4v) is 2.69. The molecule has 4 rings (SSSR count). The molecule has 23 heavy (non-hydrogen) atoms. The fourth-order valence-electron chi connectivity index (χ4n) is 2.45. The van der Waals surface area contributed by atoms with E-state index in [0.717, 1.165) is 29.1 Å². The normalized spacial score (nSPS) is 13.8. The number of hydrogen-bond acceptors (Lipinski definition) is 4. The van der Waals surface area contributed by atoms with Gasteiger partial charge in [0, 0.05) is 23.9 Å². The second-order valence-corrected chi connectivity index (χ2v) is 6.11. The van der Waals surface area contributed by atoms with Crippen molar-refractivity contribution in [3.63, 3.8) is 0 Å². The molecule has 3 aromatic rings. The smallest absolute Gasteiger partial charge is 0.133 e. The van der Waals surface area contributed by atoms with Crippen LogP contribution in [0.2, 0.25) is 5.02 Å². The Morgan fingerprint density at radius 3 is 2.91 bits per heavy atom. The van der Waals surface area contributed by atoms with Gasteiger partial charge >= 0.3 is 0 Å². The highest BCUT2D eigenvalue weighted by atomic mass is 35.5. The zero-order valence-corrected chi connectivity index (χ0v) is 13.1. The predicted octanol–water partition coefficient (Wildman–Crippen LogP) is 2.87. The van der Waals surface area contributed by atoms with Crippen molar-refractivity contribution in [2.24, 2.45) is 5.92 Å². The number of nitrogens with two attached hydrogens (primary N) is 1. The number of nitrogens with zero attached hydrogens (tertiary/aromatic N) is 4. The summed E-state index contributed by atoms with van der Waals surface area (Å²) in [6, 6.07) is 7.43. The molecule has 2 N–H and O–H groups in total. The molecule has 2 aromatic heterocycles. The number of fused-ring (bicyclic) bond motifs is 1.